The number of hydrogen-bond acceptors (Lipinski definition) is 3. The van der Waals surface area contributed by atoms with Crippen molar-refractivity contribution in [1.82, 2.24) is 9.88 Å². The topological polar surface area (TPSA) is 16.1 Å². The van der Waals surface area contributed by atoms with Gasteiger partial charge in [-0.3, -0.25) is 9.88 Å². The van der Waals surface area contributed by atoms with Crippen LogP contribution < -0.4 is 0 Å². The third-order valence-corrected chi connectivity index (χ3v) is 4.42. The van der Waals surface area contributed by atoms with Crippen molar-refractivity contribution >= 4 is 43.2 Å². The molecule has 0 radical (unpaired) electrons. The van der Waals surface area contributed by atoms with Crippen LogP contribution in [-0.4, -0.2) is 16.9 Å². The van der Waals surface area contributed by atoms with E-state index < -0.39 is 0 Å². The molecule has 0 unspecified atom stereocenters. The van der Waals surface area contributed by atoms with E-state index in [0.29, 0.717) is 0 Å². The summed E-state index contributed by atoms with van der Waals surface area (Å²) in [5, 5.41) is 2.11. The van der Waals surface area contributed by atoms with E-state index >= 15 is 0 Å². The summed E-state index contributed by atoms with van der Waals surface area (Å²) in [5.41, 5.74) is 1.09. The Labute approximate surface area is 122 Å². The Morgan fingerprint density at radius 3 is 2.65 bits per heavy atom. The Balaban J connectivity index is 1.93. The highest BCUT2D eigenvalue weighted by atomic mass is 79.9. The number of rotatable bonds is 4. The molecule has 0 amide bonds. The minimum atomic E-state index is 0.864. The maximum atomic E-state index is 4.37. The van der Waals surface area contributed by atoms with E-state index in [1.54, 1.807) is 11.3 Å². The minimum Gasteiger partial charge on any atom is -0.295 e. The van der Waals surface area contributed by atoms with Crippen LogP contribution >= 0.6 is 43.2 Å². The van der Waals surface area contributed by atoms with Gasteiger partial charge >= 0.3 is 0 Å². The first-order valence-corrected chi connectivity index (χ1v) is 7.62. The summed E-state index contributed by atoms with van der Waals surface area (Å²) in [6.07, 6.45) is 1.84. The minimum absolute atomic E-state index is 0.864. The van der Waals surface area contributed by atoms with Crippen molar-refractivity contribution in [2.75, 3.05) is 7.05 Å². The highest BCUT2D eigenvalue weighted by Gasteiger charge is 2.04. The average molecular weight is 376 g/mol. The van der Waals surface area contributed by atoms with Gasteiger partial charge in [0.2, 0.25) is 0 Å². The zero-order chi connectivity index (χ0) is 12.3. The molecule has 0 aromatic carbocycles. The van der Waals surface area contributed by atoms with Crippen molar-refractivity contribution in [3.63, 3.8) is 0 Å². The van der Waals surface area contributed by atoms with Crippen molar-refractivity contribution in [1.29, 1.82) is 0 Å². The fourth-order valence-corrected chi connectivity index (χ4v) is 3.30. The molecule has 0 fully saturated rings. The SMILES string of the molecule is CN(Cc1ccc(Br)cn1)Cc1cc(Br)cs1. The van der Waals surface area contributed by atoms with Gasteiger partial charge in [0.15, 0.2) is 0 Å². The number of pyridine rings is 1. The fraction of sp³-hybridized carbons (Fsp3) is 0.250. The molecule has 0 saturated heterocycles. The Hall–Kier alpha value is -0.230. The molecule has 5 heteroatoms. The van der Waals surface area contributed by atoms with Gasteiger partial charge < -0.3 is 0 Å². The van der Waals surface area contributed by atoms with Gasteiger partial charge in [0.05, 0.1) is 5.69 Å². The Kier molecular flexibility index (Phi) is 4.73. The summed E-state index contributed by atoms with van der Waals surface area (Å²) in [6.45, 7) is 1.82. The second-order valence-corrected chi connectivity index (χ2v) is 6.70. The first-order chi connectivity index (χ1) is 8.13. The highest BCUT2D eigenvalue weighted by Crippen LogP contribution is 2.21. The molecule has 0 aliphatic rings. The largest absolute Gasteiger partial charge is 0.295 e. The summed E-state index contributed by atoms with van der Waals surface area (Å²) in [7, 11) is 2.11. The average Bonchev–Trinajstić information content (AvgIpc) is 2.67. The van der Waals surface area contributed by atoms with Crippen LogP contribution in [0.4, 0.5) is 0 Å². The van der Waals surface area contributed by atoms with E-state index in [4.69, 9.17) is 0 Å². The van der Waals surface area contributed by atoms with Crippen molar-refractivity contribution in [3.05, 3.63) is 49.3 Å². The van der Waals surface area contributed by atoms with Crippen molar-refractivity contribution in [2.45, 2.75) is 13.1 Å². The first kappa shape index (κ1) is 13.2. The van der Waals surface area contributed by atoms with Gasteiger partial charge in [0, 0.05) is 38.5 Å². The van der Waals surface area contributed by atoms with E-state index in [1.807, 2.05) is 18.3 Å². The second kappa shape index (κ2) is 6.09. The van der Waals surface area contributed by atoms with E-state index in [9.17, 15) is 0 Å². The Morgan fingerprint density at radius 1 is 1.24 bits per heavy atom. The molecule has 2 rings (SSSR count). The Bertz CT molecular complexity index is 482. The maximum absolute atomic E-state index is 4.37. The van der Waals surface area contributed by atoms with Gasteiger partial charge in [-0.25, -0.2) is 0 Å². The molecule has 2 aromatic rings. The number of aromatic nitrogens is 1. The number of hydrogen-bond donors (Lipinski definition) is 0. The third-order valence-electron chi connectivity index (χ3n) is 2.27. The molecule has 0 aliphatic heterocycles. The second-order valence-electron chi connectivity index (χ2n) is 3.87. The van der Waals surface area contributed by atoms with Crippen molar-refractivity contribution in [2.24, 2.45) is 0 Å². The van der Waals surface area contributed by atoms with E-state index in [2.05, 4.69) is 60.2 Å². The van der Waals surface area contributed by atoms with Gasteiger partial charge in [0.25, 0.3) is 0 Å². The van der Waals surface area contributed by atoms with Gasteiger partial charge in [-0.2, -0.15) is 0 Å². The van der Waals surface area contributed by atoms with E-state index in [-0.39, 0.29) is 0 Å². The van der Waals surface area contributed by atoms with Crippen LogP contribution in [0.5, 0.6) is 0 Å². The molecule has 0 N–H and O–H groups in total. The zero-order valence-corrected chi connectivity index (χ0v) is 13.3. The molecule has 2 nitrogen and oxygen atoms in total. The van der Waals surface area contributed by atoms with Crippen LogP contribution in [0.3, 0.4) is 0 Å². The summed E-state index contributed by atoms with van der Waals surface area (Å²) < 4.78 is 2.18. The van der Waals surface area contributed by atoms with Gasteiger partial charge in [-0.15, -0.1) is 11.3 Å². The predicted octanol–water partition coefficient (Wildman–Crippen LogP) is 4.30. The quantitative estimate of drug-likeness (QED) is 0.791. The lowest BCUT2D eigenvalue weighted by Crippen LogP contribution is -2.17. The zero-order valence-electron chi connectivity index (χ0n) is 9.36. The predicted molar refractivity (Wildman–Crippen MR) is 79.1 cm³/mol. The summed E-state index contributed by atoms with van der Waals surface area (Å²) in [6, 6.07) is 6.24. The lowest BCUT2D eigenvalue weighted by Gasteiger charge is -2.14. The normalized spacial score (nSPS) is 11.1. The van der Waals surface area contributed by atoms with Gasteiger partial charge in [-0.1, -0.05) is 0 Å². The summed E-state index contributed by atoms with van der Waals surface area (Å²) in [4.78, 5) is 7.99. The molecular weight excluding hydrogens is 364 g/mol. The standard InChI is InChI=1S/C12H12Br2N2S/c1-16(7-12-4-10(14)8-17-12)6-11-3-2-9(13)5-15-11/h2-5,8H,6-7H2,1H3. The van der Waals surface area contributed by atoms with Crippen LogP contribution in [0.15, 0.2) is 38.7 Å². The molecule has 0 bridgehead atoms. The molecule has 0 aliphatic carbocycles. The van der Waals surface area contributed by atoms with Crippen LogP contribution in [-0.2, 0) is 13.1 Å². The lowest BCUT2D eigenvalue weighted by molar-refractivity contribution is 0.318. The summed E-state index contributed by atoms with van der Waals surface area (Å²) >= 11 is 8.63. The number of thiophene rings is 1. The highest BCUT2D eigenvalue weighted by molar-refractivity contribution is 9.10. The molecule has 0 saturated carbocycles. The van der Waals surface area contributed by atoms with Crippen molar-refractivity contribution < 1.29 is 0 Å². The fourth-order valence-electron chi connectivity index (χ4n) is 1.54. The summed E-state index contributed by atoms with van der Waals surface area (Å²) in [5.74, 6) is 0. The van der Waals surface area contributed by atoms with Gasteiger partial charge in [-0.05, 0) is 57.1 Å². The van der Waals surface area contributed by atoms with Crippen LogP contribution in [0.1, 0.15) is 10.6 Å². The number of halogens is 2. The monoisotopic (exact) mass is 374 g/mol. The third kappa shape index (κ3) is 4.17. The molecule has 2 aromatic heterocycles. The maximum Gasteiger partial charge on any atom is 0.0544 e. The van der Waals surface area contributed by atoms with E-state index in [1.165, 1.54) is 4.88 Å². The molecular formula is C12H12Br2N2S. The number of nitrogens with zero attached hydrogens (tertiary/aromatic N) is 2. The van der Waals surface area contributed by atoms with Crippen LogP contribution in [0, 0.1) is 0 Å². The van der Waals surface area contributed by atoms with E-state index in [0.717, 1.165) is 27.7 Å². The van der Waals surface area contributed by atoms with Gasteiger partial charge in [0.1, 0.15) is 0 Å². The molecule has 0 spiro atoms. The van der Waals surface area contributed by atoms with Crippen LogP contribution in [0.25, 0.3) is 0 Å². The smallest absolute Gasteiger partial charge is 0.0544 e. The molecule has 0 atom stereocenters. The Morgan fingerprint density at radius 2 is 2.06 bits per heavy atom. The molecule has 17 heavy (non-hydrogen) atoms. The van der Waals surface area contributed by atoms with Crippen molar-refractivity contribution in [3.8, 4) is 0 Å². The first-order valence-electron chi connectivity index (χ1n) is 5.15. The lowest BCUT2D eigenvalue weighted by atomic mass is 10.3. The van der Waals surface area contributed by atoms with Crippen LogP contribution in [0.2, 0.25) is 0 Å². The molecule has 2 heterocycles. The molecule has 90 valence electrons.